The zero-order valence-electron chi connectivity index (χ0n) is 14.6. The number of rotatable bonds is 5. The molecule has 2 saturated heterocycles. The average Bonchev–Trinajstić information content (AvgIpc) is 3.08. The first-order valence-electron chi connectivity index (χ1n) is 8.58. The Kier molecular flexibility index (Phi) is 7.11. The number of nitrogens with zero attached hydrogens (tertiary/aromatic N) is 3. The molecule has 0 saturated carbocycles. The van der Waals surface area contributed by atoms with Crippen molar-refractivity contribution in [2.24, 2.45) is 10.9 Å². The number of likely N-dealkylation sites (tertiary alicyclic amines) is 1. The van der Waals surface area contributed by atoms with Crippen LogP contribution in [0, 0.1) is 5.92 Å². The molecule has 132 valence electrons. The molecule has 1 N–H and O–H groups in total. The number of carbonyl (C=O) groups excluding carboxylic acids is 1. The lowest BCUT2D eigenvalue weighted by molar-refractivity contribution is -0.144. The molecule has 23 heavy (non-hydrogen) atoms. The third kappa shape index (κ3) is 5.07. The van der Waals surface area contributed by atoms with Crippen LogP contribution in [0.2, 0.25) is 0 Å². The van der Waals surface area contributed by atoms with Crippen LogP contribution in [0.4, 0.5) is 0 Å². The SMILES string of the molecule is CCNC(=NCC(C)C(=O)OC)N1CCC(N2CCOCC2)C1. The predicted octanol–water partition coefficient (Wildman–Crippen LogP) is 0.168. The van der Waals surface area contributed by atoms with Gasteiger partial charge in [0.15, 0.2) is 5.96 Å². The smallest absolute Gasteiger partial charge is 0.310 e. The number of morpholine rings is 1. The maximum absolute atomic E-state index is 11.5. The summed E-state index contributed by atoms with van der Waals surface area (Å²) in [6.45, 7) is 10.9. The fourth-order valence-corrected chi connectivity index (χ4v) is 3.10. The fraction of sp³-hybridized carbons (Fsp3) is 0.875. The van der Waals surface area contributed by atoms with E-state index in [1.807, 2.05) is 6.92 Å². The molecule has 7 nitrogen and oxygen atoms in total. The van der Waals surface area contributed by atoms with E-state index in [0.717, 1.165) is 58.3 Å². The summed E-state index contributed by atoms with van der Waals surface area (Å²) in [5.41, 5.74) is 0. The minimum Gasteiger partial charge on any atom is -0.469 e. The van der Waals surface area contributed by atoms with Crippen molar-refractivity contribution in [2.45, 2.75) is 26.3 Å². The van der Waals surface area contributed by atoms with Crippen LogP contribution in [0.15, 0.2) is 4.99 Å². The van der Waals surface area contributed by atoms with Gasteiger partial charge >= 0.3 is 5.97 Å². The van der Waals surface area contributed by atoms with E-state index in [1.54, 1.807) is 0 Å². The van der Waals surface area contributed by atoms with Crippen molar-refractivity contribution >= 4 is 11.9 Å². The van der Waals surface area contributed by atoms with Gasteiger partial charge in [0.05, 0.1) is 32.8 Å². The highest BCUT2D eigenvalue weighted by Gasteiger charge is 2.30. The van der Waals surface area contributed by atoms with Crippen molar-refractivity contribution in [1.29, 1.82) is 0 Å². The van der Waals surface area contributed by atoms with Crippen molar-refractivity contribution in [3.05, 3.63) is 0 Å². The van der Waals surface area contributed by atoms with Crippen LogP contribution < -0.4 is 5.32 Å². The standard InChI is InChI=1S/C16H30N4O3/c1-4-17-16(18-11-13(2)15(21)22-3)20-6-5-14(12-20)19-7-9-23-10-8-19/h13-14H,4-12H2,1-3H3,(H,17,18). The molecule has 0 aromatic heterocycles. The van der Waals surface area contributed by atoms with Gasteiger partial charge in [-0.25, -0.2) is 0 Å². The Labute approximate surface area is 139 Å². The maximum Gasteiger partial charge on any atom is 0.310 e. The molecule has 0 spiro atoms. The van der Waals surface area contributed by atoms with Crippen LogP contribution in [-0.2, 0) is 14.3 Å². The van der Waals surface area contributed by atoms with Gasteiger partial charge in [0.25, 0.3) is 0 Å². The van der Waals surface area contributed by atoms with E-state index in [-0.39, 0.29) is 11.9 Å². The summed E-state index contributed by atoms with van der Waals surface area (Å²) < 4.78 is 10.2. The second-order valence-electron chi connectivity index (χ2n) is 6.16. The van der Waals surface area contributed by atoms with Crippen LogP contribution in [0.3, 0.4) is 0 Å². The molecular formula is C16H30N4O3. The van der Waals surface area contributed by atoms with Crippen LogP contribution in [0.25, 0.3) is 0 Å². The number of hydrogen-bond donors (Lipinski definition) is 1. The molecule has 2 aliphatic heterocycles. The Morgan fingerprint density at radius 2 is 2.13 bits per heavy atom. The van der Waals surface area contributed by atoms with E-state index in [4.69, 9.17) is 9.47 Å². The van der Waals surface area contributed by atoms with Crippen LogP contribution >= 0.6 is 0 Å². The van der Waals surface area contributed by atoms with Crippen LogP contribution in [0.5, 0.6) is 0 Å². The molecule has 0 radical (unpaired) electrons. The third-order valence-corrected chi connectivity index (χ3v) is 4.48. The highest BCUT2D eigenvalue weighted by molar-refractivity contribution is 5.81. The summed E-state index contributed by atoms with van der Waals surface area (Å²) in [5.74, 6) is 0.475. The van der Waals surface area contributed by atoms with E-state index in [1.165, 1.54) is 7.11 Å². The lowest BCUT2D eigenvalue weighted by Gasteiger charge is -2.32. The van der Waals surface area contributed by atoms with Crippen molar-refractivity contribution in [1.82, 2.24) is 15.1 Å². The summed E-state index contributed by atoms with van der Waals surface area (Å²) in [6, 6.07) is 0.570. The van der Waals surface area contributed by atoms with Gasteiger partial charge in [-0.3, -0.25) is 14.7 Å². The highest BCUT2D eigenvalue weighted by atomic mass is 16.5. The fourth-order valence-electron chi connectivity index (χ4n) is 3.10. The van der Waals surface area contributed by atoms with E-state index in [2.05, 4.69) is 27.0 Å². The minimum atomic E-state index is -0.216. The molecular weight excluding hydrogens is 296 g/mol. The Morgan fingerprint density at radius 1 is 1.39 bits per heavy atom. The minimum absolute atomic E-state index is 0.211. The molecule has 2 atom stereocenters. The van der Waals surface area contributed by atoms with Crippen LogP contribution in [0.1, 0.15) is 20.3 Å². The van der Waals surface area contributed by atoms with Crippen molar-refractivity contribution < 1.29 is 14.3 Å². The number of esters is 1. The Balaban J connectivity index is 1.91. The first-order valence-corrected chi connectivity index (χ1v) is 8.58. The van der Waals surface area contributed by atoms with E-state index in [9.17, 15) is 4.79 Å². The summed E-state index contributed by atoms with van der Waals surface area (Å²) >= 11 is 0. The molecule has 2 fully saturated rings. The molecule has 2 unspecified atom stereocenters. The number of nitrogens with one attached hydrogen (secondary N) is 1. The molecule has 7 heteroatoms. The molecule has 0 bridgehead atoms. The lowest BCUT2D eigenvalue weighted by Crippen LogP contribution is -2.46. The van der Waals surface area contributed by atoms with Gasteiger partial charge in [-0.2, -0.15) is 0 Å². The number of hydrogen-bond acceptors (Lipinski definition) is 5. The maximum atomic E-state index is 11.5. The summed E-state index contributed by atoms with van der Waals surface area (Å²) in [4.78, 5) is 21.0. The number of ether oxygens (including phenoxy) is 2. The molecule has 0 aromatic rings. The van der Waals surface area contributed by atoms with Gasteiger partial charge < -0.3 is 19.7 Å². The normalized spacial score (nSPS) is 24.6. The first-order chi connectivity index (χ1) is 11.2. The molecule has 2 aliphatic rings. The van der Waals surface area contributed by atoms with E-state index < -0.39 is 0 Å². The zero-order chi connectivity index (χ0) is 16.7. The first kappa shape index (κ1) is 18.0. The summed E-state index contributed by atoms with van der Waals surface area (Å²) in [7, 11) is 1.42. The molecule has 0 aromatic carbocycles. The number of carbonyl (C=O) groups is 1. The molecule has 0 amide bonds. The number of aliphatic imine (C=N–C) groups is 1. The second-order valence-corrected chi connectivity index (χ2v) is 6.16. The Morgan fingerprint density at radius 3 is 2.78 bits per heavy atom. The van der Waals surface area contributed by atoms with Crippen molar-refractivity contribution in [2.75, 3.05) is 59.6 Å². The lowest BCUT2D eigenvalue weighted by atomic mass is 10.2. The van der Waals surface area contributed by atoms with Gasteiger partial charge in [0, 0.05) is 38.8 Å². The van der Waals surface area contributed by atoms with Gasteiger partial charge in [0.2, 0.25) is 0 Å². The predicted molar refractivity (Wildman–Crippen MR) is 89.5 cm³/mol. The number of methoxy groups -OCH3 is 1. The van der Waals surface area contributed by atoms with Gasteiger partial charge in [-0.1, -0.05) is 6.92 Å². The summed E-state index contributed by atoms with van der Waals surface area (Å²) in [5, 5.41) is 3.34. The van der Waals surface area contributed by atoms with E-state index in [0.29, 0.717) is 12.6 Å². The van der Waals surface area contributed by atoms with E-state index >= 15 is 0 Å². The van der Waals surface area contributed by atoms with Crippen molar-refractivity contribution in [3.63, 3.8) is 0 Å². The molecule has 0 aliphatic carbocycles. The average molecular weight is 326 g/mol. The Hall–Kier alpha value is -1.34. The molecule has 2 heterocycles. The third-order valence-electron chi connectivity index (χ3n) is 4.48. The Bertz CT molecular complexity index is 410. The topological polar surface area (TPSA) is 66.4 Å². The zero-order valence-corrected chi connectivity index (χ0v) is 14.6. The monoisotopic (exact) mass is 326 g/mol. The van der Waals surface area contributed by atoms with Crippen molar-refractivity contribution in [3.8, 4) is 0 Å². The van der Waals surface area contributed by atoms with Crippen LogP contribution in [-0.4, -0.2) is 87.4 Å². The van der Waals surface area contributed by atoms with Gasteiger partial charge in [-0.05, 0) is 13.3 Å². The summed E-state index contributed by atoms with van der Waals surface area (Å²) in [6.07, 6.45) is 1.15. The highest BCUT2D eigenvalue weighted by Crippen LogP contribution is 2.17. The van der Waals surface area contributed by atoms with Gasteiger partial charge in [0.1, 0.15) is 0 Å². The number of guanidine groups is 1. The van der Waals surface area contributed by atoms with Gasteiger partial charge in [-0.15, -0.1) is 0 Å². The largest absolute Gasteiger partial charge is 0.469 e. The quantitative estimate of drug-likeness (QED) is 0.441. The second kappa shape index (κ2) is 9.08. The molecule has 2 rings (SSSR count).